The summed E-state index contributed by atoms with van der Waals surface area (Å²) in [7, 11) is 0. The summed E-state index contributed by atoms with van der Waals surface area (Å²) in [6, 6.07) is 8.89. The maximum absolute atomic E-state index is 12.9. The molecule has 1 amide bonds. The van der Waals surface area contributed by atoms with Crippen LogP contribution >= 0.6 is 35.0 Å². The van der Waals surface area contributed by atoms with Crippen LogP contribution in [0.2, 0.25) is 10.0 Å². The number of thioether (sulfide) groups is 1. The minimum absolute atomic E-state index is 0.149. The minimum Gasteiger partial charge on any atom is -0.398 e. The molecule has 0 unspecified atom stereocenters. The van der Waals surface area contributed by atoms with Gasteiger partial charge in [-0.05, 0) is 36.4 Å². The van der Waals surface area contributed by atoms with Gasteiger partial charge in [-0.25, -0.2) is 4.39 Å². The predicted molar refractivity (Wildman–Crippen MR) is 86.6 cm³/mol. The lowest BCUT2D eigenvalue weighted by Crippen LogP contribution is -2.14. The molecule has 0 saturated carbocycles. The lowest BCUT2D eigenvalue weighted by atomic mass is 10.3. The van der Waals surface area contributed by atoms with Gasteiger partial charge in [-0.2, -0.15) is 0 Å². The first kappa shape index (κ1) is 15.9. The molecule has 0 heterocycles. The van der Waals surface area contributed by atoms with E-state index in [1.54, 1.807) is 24.3 Å². The molecule has 2 aromatic rings. The third-order valence-corrected chi connectivity index (χ3v) is 4.36. The first-order valence-corrected chi connectivity index (χ1v) is 7.62. The maximum Gasteiger partial charge on any atom is 0.234 e. The molecule has 0 aliphatic carbocycles. The van der Waals surface area contributed by atoms with Gasteiger partial charge in [-0.3, -0.25) is 4.79 Å². The number of nitrogen functional groups attached to an aromatic ring is 1. The van der Waals surface area contributed by atoms with Crippen molar-refractivity contribution in [2.24, 2.45) is 0 Å². The van der Waals surface area contributed by atoms with Crippen LogP contribution in [0, 0.1) is 5.82 Å². The Morgan fingerprint density at radius 3 is 2.62 bits per heavy atom. The molecule has 0 bridgehead atoms. The molecule has 0 spiro atoms. The van der Waals surface area contributed by atoms with E-state index >= 15 is 0 Å². The van der Waals surface area contributed by atoms with Gasteiger partial charge in [0.25, 0.3) is 0 Å². The number of carbonyl (C=O) groups excluding carboxylic acids is 1. The predicted octanol–water partition coefficient (Wildman–Crippen LogP) is 4.45. The van der Waals surface area contributed by atoms with Crippen LogP contribution in [0.5, 0.6) is 0 Å². The molecule has 7 heteroatoms. The molecule has 3 N–H and O–H groups in total. The molecule has 0 fully saturated rings. The first-order valence-electron chi connectivity index (χ1n) is 5.88. The number of carbonyl (C=O) groups is 1. The van der Waals surface area contributed by atoms with Gasteiger partial charge in [-0.15, -0.1) is 11.8 Å². The summed E-state index contributed by atoms with van der Waals surface area (Å²) in [6.45, 7) is 0. The Bertz CT molecular complexity index is 682. The van der Waals surface area contributed by atoms with E-state index in [2.05, 4.69) is 5.32 Å². The highest BCUT2D eigenvalue weighted by Crippen LogP contribution is 2.27. The monoisotopic (exact) mass is 344 g/mol. The van der Waals surface area contributed by atoms with Gasteiger partial charge in [0, 0.05) is 16.3 Å². The molecular weight excluding hydrogens is 334 g/mol. The van der Waals surface area contributed by atoms with Gasteiger partial charge < -0.3 is 11.1 Å². The summed E-state index contributed by atoms with van der Waals surface area (Å²) in [6.07, 6.45) is 0. The summed E-state index contributed by atoms with van der Waals surface area (Å²) in [4.78, 5) is 12.5. The second-order valence-corrected chi connectivity index (χ2v) is 5.98. The van der Waals surface area contributed by atoms with E-state index in [1.807, 2.05) is 0 Å². The standard InChI is InChI=1S/C14H11Cl2FN2OS/c15-10-3-2-9(6-11(10)16)19-14(20)7-21-13-4-1-8(17)5-12(13)18/h1-6H,7,18H2,(H,19,20). The topological polar surface area (TPSA) is 55.1 Å². The summed E-state index contributed by atoms with van der Waals surface area (Å²) in [5, 5.41) is 3.48. The highest BCUT2D eigenvalue weighted by Gasteiger charge is 2.08. The average molecular weight is 345 g/mol. The number of benzene rings is 2. The number of hydrogen-bond acceptors (Lipinski definition) is 3. The van der Waals surface area contributed by atoms with E-state index in [0.29, 0.717) is 26.3 Å². The minimum atomic E-state index is -0.405. The molecule has 0 saturated heterocycles. The van der Waals surface area contributed by atoms with Crippen molar-refractivity contribution >= 4 is 52.2 Å². The second kappa shape index (κ2) is 7.02. The van der Waals surface area contributed by atoms with Crippen molar-refractivity contribution in [3.8, 4) is 0 Å². The van der Waals surface area contributed by atoms with Crippen LogP contribution in [-0.2, 0) is 4.79 Å². The van der Waals surface area contributed by atoms with E-state index in [1.165, 1.54) is 23.9 Å². The fraction of sp³-hybridized carbons (Fsp3) is 0.0714. The quantitative estimate of drug-likeness (QED) is 0.636. The number of rotatable bonds is 4. The van der Waals surface area contributed by atoms with Crippen LogP contribution in [0.1, 0.15) is 0 Å². The zero-order valence-corrected chi connectivity index (χ0v) is 13.0. The van der Waals surface area contributed by atoms with Crippen molar-refractivity contribution in [2.45, 2.75) is 4.90 Å². The van der Waals surface area contributed by atoms with E-state index in [-0.39, 0.29) is 11.7 Å². The lowest BCUT2D eigenvalue weighted by molar-refractivity contribution is -0.113. The Labute approximate surface area is 135 Å². The van der Waals surface area contributed by atoms with Gasteiger partial charge in [0.1, 0.15) is 5.82 Å². The van der Waals surface area contributed by atoms with Gasteiger partial charge in [0.2, 0.25) is 5.91 Å². The third kappa shape index (κ3) is 4.52. The van der Waals surface area contributed by atoms with Crippen molar-refractivity contribution in [1.29, 1.82) is 0 Å². The van der Waals surface area contributed by atoms with E-state index in [0.717, 1.165) is 0 Å². The summed E-state index contributed by atoms with van der Waals surface area (Å²) in [5.74, 6) is -0.477. The van der Waals surface area contributed by atoms with Crippen LogP contribution in [0.3, 0.4) is 0 Å². The van der Waals surface area contributed by atoms with Crippen molar-refractivity contribution in [1.82, 2.24) is 0 Å². The zero-order valence-electron chi connectivity index (χ0n) is 10.7. The van der Waals surface area contributed by atoms with Gasteiger partial charge in [0.15, 0.2) is 0 Å². The lowest BCUT2D eigenvalue weighted by Gasteiger charge is -2.07. The number of nitrogens with two attached hydrogens (primary N) is 1. The summed E-state index contributed by atoms with van der Waals surface area (Å²) >= 11 is 12.9. The normalized spacial score (nSPS) is 10.4. The number of halogens is 3. The molecule has 0 aliphatic heterocycles. The highest BCUT2D eigenvalue weighted by molar-refractivity contribution is 8.00. The van der Waals surface area contributed by atoms with Crippen molar-refractivity contribution in [2.75, 3.05) is 16.8 Å². The van der Waals surface area contributed by atoms with Crippen LogP contribution in [0.4, 0.5) is 15.8 Å². The molecule has 2 rings (SSSR count). The Morgan fingerprint density at radius 1 is 1.19 bits per heavy atom. The fourth-order valence-corrected chi connectivity index (χ4v) is 2.61. The summed E-state index contributed by atoms with van der Waals surface area (Å²) < 4.78 is 12.9. The molecule has 0 radical (unpaired) electrons. The molecular formula is C14H11Cl2FN2OS. The SMILES string of the molecule is Nc1cc(F)ccc1SCC(=O)Nc1ccc(Cl)c(Cl)c1. The molecule has 0 aliphatic rings. The number of nitrogens with one attached hydrogen (secondary N) is 1. The zero-order chi connectivity index (χ0) is 15.4. The third-order valence-electron chi connectivity index (χ3n) is 2.53. The van der Waals surface area contributed by atoms with Crippen LogP contribution in [0.15, 0.2) is 41.3 Å². The highest BCUT2D eigenvalue weighted by atomic mass is 35.5. The smallest absolute Gasteiger partial charge is 0.234 e. The number of anilines is 2. The molecule has 2 aromatic carbocycles. The second-order valence-electron chi connectivity index (χ2n) is 4.15. The van der Waals surface area contributed by atoms with E-state index in [4.69, 9.17) is 28.9 Å². The van der Waals surface area contributed by atoms with Crippen molar-refractivity contribution in [3.05, 3.63) is 52.3 Å². The van der Waals surface area contributed by atoms with Gasteiger partial charge in [-0.1, -0.05) is 23.2 Å². The van der Waals surface area contributed by atoms with E-state index < -0.39 is 5.82 Å². The Morgan fingerprint density at radius 2 is 1.95 bits per heavy atom. The Kier molecular flexibility index (Phi) is 5.33. The largest absolute Gasteiger partial charge is 0.398 e. The first-order chi connectivity index (χ1) is 9.95. The van der Waals surface area contributed by atoms with Crippen LogP contribution in [0.25, 0.3) is 0 Å². The van der Waals surface area contributed by atoms with Gasteiger partial charge >= 0.3 is 0 Å². The fourth-order valence-electron chi connectivity index (χ4n) is 1.57. The molecule has 0 atom stereocenters. The number of hydrogen-bond donors (Lipinski definition) is 2. The van der Waals surface area contributed by atoms with Crippen LogP contribution < -0.4 is 11.1 Å². The van der Waals surface area contributed by atoms with Crippen molar-refractivity contribution in [3.63, 3.8) is 0 Å². The average Bonchev–Trinajstić information content (AvgIpc) is 2.42. The maximum atomic E-state index is 12.9. The van der Waals surface area contributed by atoms with Crippen LogP contribution in [-0.4, -0.2) is 11.7 Å². The van der Waals surface area contributed by atoms with Gasteiger partial charge in [0.05, 0.1) is 15.8 Å². The molecule has 3 nitrogen and oxygen atoms in total. The Balaban J connectivity index is 1.94. The van der Waals surface area contributed by atoms with Crippen molar-refractivity contribution < 1.29 is 9.18 Å². The Hall–Kier alpha value is -1.43. The molecule has 110 valence electrons. The molecule has 21 heavy (non-hydrogen) atoms. The van der Waals surface area contributed by atoms with E-state index in [9.17, 15) is 9.18 Å². The number of amides is 1. The summed E-state index contributed by atoms with van der Waals surface area (Å²) in [5.41, 5.74) is 6.54. The molecule has 0 aromatic heterocycles.